The zero-order chi connectivity index (χ0) is 12.8. The number of carbonyl (C=O) groups is 1. The number of aliphatic carboxylic acids is 1. The molecule has 0 aromatic heterocycles. The van der Waals surface area contributed by atoms with Gasteiger partial charge in [0.15, 0.2) is 0 Å². The lowest BCUT2D eigenvalue weighted by Gasteiger charge is -2.24. The van der Waals surface area contributed by atoms with Crippen LogP contribution in [0.25, 0.3) is 0 Å². The van der Waals surface area contributed by atoms with Crippen LogP contribution in [-0.4, -0.2) is 49.7 Å². The molecule has 94 valence electrons. The first-order valence-corrected chi connectivity index (χ1v) is 5.74. The Hall–Kier alpha value is -1.26. The molecule has 0 saturated heterocycles. The van der Waals surface area contributed by atoms with Crippen LogP contribution in [0.15, 0.2) is 24.3 Å². The number of carboxylic acid groups (broad SMARTS) is 1. The van der Waals surface area contributed by atoms with E-state index in [1.165, 1.54) is 0 Å². The zero-order valence-electron chi connectivity index (χ0n) is 10.1. The number of anilines is 1. The molecule has 5 heteroatoms. The molecule has 0 aliphatic heterocycles. The van der Waals surface area contributed by atoms with Gasteiger partial charge in [0, 0.05) is 23.8 Å². The Labute approximate surface area is 106 Å². The molecule has 0 heterocycles. The zero-order valence-corrected chi connectivity index (χ0v) is 10.8. The first-order chi connectivity index (χ1) is 7.99. The topological polar surface area (TPSA) is 43.8 Å². The highest BCUT2D eigenvalue weighted by molar-refractivity contribution is 6.30. The summed E-state index contributed by atoms with van der Waals surface area (Å²) in [7, 11) is 3.92. The summed E-state index contributed by atoms with van der Waals surface area (Å²) in [5, 5.41) is 9.53. The third-order valence-electron chi connectivity index (χ3n) is 2.34. The van der Waals surface area contributed by atoms with Gasteiger partial charge in [-0.25, -0.2) is 0 Å². The lowest BCUT2D eigenvalue weighted by molar-refractivity contribution is -0.135. The molecule has 0 aliphatic carbocycles. The Morgan fingerprint density at radius 2 is 1.82 bits per heavy atom. The van der Waals surface area contributed by atoms with Crippen LogP contribution in [0.3, 0.4) is 0 Å². The lowest BCUT2D eigenvalue weighted by Crippen LogP contribution is -2.35. The molecule has 1 aromatic carbocycles. The molecular weight excluding hydrogens is 240 g/mol. The van der Waals surface area contributed by atoms with E-state index in [4.69, 9.17) is 16.7 Å². The maximum absolute atomic E-state index is 10.8. The van der Waals surface area contributed by atoms with Crippen LogP contribution in [0.4, 0.5) is 5.69 Å². The Morgan fingerprint density at radius 3 is 2.29 bits per heavy atom. The van der Waals surface area contributed by atoms with E-state index in [1.807, 2.05) is 36.0 Å². The summed E-state index contributed by atoms with van der Waals surface area (Å²) in [6.07, 6.45) is 0. The largest absolute Gasteiger partial charge is 0.480 e. The summed E-state index contributed by atoms with van der Waals surface area (Å²) < 4.78 is 0. The normalized spacial score (nSPS) is 10.6. The minimum Gasteiger partial charge on any atom is -0.480 e. The SMILES string of the molecule is CN(C)CCN(CC(=O)O)c1ccc(Cl)cc1. The number of hydrogen-bond acceptors (Lipinski definition) is 3. The average Bonchev–Trinajstić information content (AvgIpc) is 2.25. The number of likely N-dealkylation sites (N-methyl/N-ethyl adjacent to an activating group) is 1. The first-order valence-electron chi connectivity index (χ1n) is 5.36. The number of nitrogens with zero attached hydrogens (tertiary/aromatic N) is 2. The van der Waals surface area contributed by atoms with Crippen LogP contribution >= 0.6 is 11.6 Å². The van der Waals surface area contributed by atoms with Crippen LogP contribution < -0.4 is 4.90 Å². The standard InChI is InChI=1S/C12H17ClN2O2/c1-14(2)7-8-15(9-12(16)17)11-5-3-10(13)4-6-11/h3-6H,7-9H2,1-2H3,(H,16,17). The second kappa shape index (κ2) is 6.47. The summed E-state index contributed by atoms with van der Waals surface area (Å²) in [5.74, 6) is -0.835. The van der Waals surface area contributed by atoms with Crippen molar-refractivity contribution in [3.05, 3.63) is 29.3 Å². The quantitative estimate of drug-likeness (QED) is 0.843. The van der Waals surface area contributed by atoms with E-state index >= 15 is 0 Å². The number of rotatable bonds is 6. The second-order valence-electron chi connectivity index (χ2n) is 4.09. The van der Waals surface area contributed by atoms with Crippen molar-refractivity contribution in [3.8, 4) is 0 Å². The van der Waals surface area contributed by atoms with E-state index in [0.717, 1.165) is 12.2 Å². The van der Waals surface area contributed by atoms with E-state index in [2.05, 4.69) is 0 Å². The maximum Gasteiger partial charge on any atom is 0.323 e. The number of benzene rings is 1. The molecule has 1 N–H and O–H groups in total. The predicted octanol–water partition coefficient (Wildman–Crippen LogP) is 1.79. The van der Waals surface area contributed by atoms with Crippen LogP contribution in [-0.2, 0) is 4.79 Å². The molecule has 0 fully saturated rings. The number of halogens is 1. The van der Waals surface area contributed by atoms with Gasteiger partial charge in [-0.15, -0.1) is 0 Å². The summed E-state index contributed by atoms with van der Waals surface area (Å²) in [6, 6.07) is 7.20. The van der Waals surface area contributed by atoms with Gasteiger partial charge in [0.1, 0.15) is 6.54 Å². The van der Waals surface area contributed by atoms with E-state index in [-0.39, 0.29) is 6.54 Å². The van der Waals surface area contributed by atoms with Crippen molar-refractivity contribution in [1.82, 2.24) is 4.90 Å². The Kier molecular flexibility index (Phi) is 5.25. The maximum atomic E-state index is 10.8. The molecule has 1 aromatic rings. The Bertz CT molecular complexity index is 365. The second-order valence-corrected chi connectivity index (χ2v) is 4.53. The highest BCUT2D eigenvalue weighted by Crippen LogP contribution is 2.17. The monoisotopic (exact) mass is 256 g/mol. The van der Waals surface area contributed by atoms with Crippen molar-refractivity contribution in [2.75, 3.05) is 38.6 Å². The van der Waals surface area contributed by atoms with Crippen LogP contribution in [0, 0.1) is 0 Å². The van der Waals surface area contributed by atoms with Crippen LogP contribution in [0.1, 0.15) is 0 Å². The molecule has 1 rings (SSSR count). The average molecular weight is 257 g/mol. The third kappa shape index (κ3) is 5.06. The molecular formula is C12H17ClN2O2. The highest BCUT2D eigenvalue weighted by atomic mass is 35.5. The van der Waals surface area contributed by atoms with E-state index in [1.54, 1.807) is 12.1 Å². The molecule has 0 amide bonds. The minimum atomic E-state index is -0.835. The highest BCUT2D eigenvalue weighted by Gasteiger charge is 2.10. The molecule has 0 unspecified atom stereocenters. The van der Waals surface area contributed by atoms with Crippen molar-refractivity contribution in [2.24, 2.45) is 0 Å². The van der Waals surface area contributed by atoms with Gasteiger partial charge in [-0.3, -0.25) is 4.79 Å². The minimum absolute atomic E-state index is 0.00449. The van der Waals surface area contributed by atoms with Gasteiger partial charge in [0.2, 0.25) is 0 Å². The summed E-state index contributed by atoms with van der Waals surface area (Å²) in [5.41, 5.74) is 0.874. The Morgan fingerprint density at radius 1 is 1.24 bits per heavy atom. The summed E-state index contributed by atoms with van der Waals surface area (Å²) >= 11 is 5.81. The molecule has 0 atom stereocenters. The van der Waals surface area contributed by atoms with E-state index < -0.39 is 5.97 Å². The fourth-order valence-electron chi connectivity index (χ4n) is 1.44. The Balaban J connectivity index is 2.74. The molecule has 4 nitrogen and oxygen atoms in total. The van der Waals surface area contributed by atoms with Gasteiger partial charge >= 0.3 is 5.97 Å². The van der Waals surface area contributed by atoms with Crippen molar-refractivity contribution in [3.63, 3.8) is 0 Å². The van der Waals surface area contributed by atoms with Crippen LogP contribution in [0.2, 0.25) is 5.02 Å². The van der Waals surface area contributed by atoms with Gasteiger partial charge in [-0.05, 0) is 38.4 Å². The summed E-state index contributed by atoms with van der Waals surface area (Å²) in [6.45, 7) is 1.46. The van der Waals surface area contributed by atoms with E-state index in [0.29, 0.717) is 11.6 Å². The molecule has 0 aliphatic rings. The fraction of sp³-hybridized carbons (Fsp3) is 0.417. The molecule has 0 spiro atoms. The summed E-state index contributed by atoms with van der Waals surface area (Å²) in [4.78, 5) is 14.7. The lowest BCUT2D eigenvalue weighted by atomic mass is 10.3. The predicted molar refractivity (Wildman–Crippen MR) is 69.9 cm³/mol. The van der Waals surface area contributed by atoms with Crippen molar-refractivity contribution in [2.45, 2.75) is 0 Å². The molecule has 0 bridgehead atoms. The van der Waals surface area contributed by atoms with E-state index in [9.17, 15) is 4.79 Å². The molecule has 0 radical (unpaired) electrons. The number of carboxylic acids is 1. The smallest absolute Gasteiger partial charge is 0.323 e. The molecule has 0 saturated carbocycles. The van der Waals surface area contributed by atoms with Gasteiger partial charge in [-0.2, -0.15) is 0 Å². The van der Waals surface area contributed by atoms with Crippen molar-refractivity contribution in [1.29, 1.82) is 0 Å². The van der Waals surface area contributed by atoms with Gasteiger partial charge in [0.05, 0.1) is 0 Å². The van der Waals surface area contributed by atoms with Crippen molar-refractivity contribution < 1.29 is 9.90 Å². The number of hydrogen-bond donors (Lipinski definition) is 1. The van der Waals surface area contributed by atoms with Gasteiger partial charge in [-0.1, -0.05) is 11.6 Å². The fourth-order valence-corrected chi connectivity index (χ4v) is 1.56. The van der Waals surface area contributed by atoms with Gasteiger partial charge < -0.3 is 14.9 Å². The van der Waals surface area contributed by atoms with Gasteiger partial charge in [0.25, 0.3) is 0 Å². The van der Waals surface area contributed by atoms with Crippen LogP contribution in [0.5, 0.6) is 0 Å². The van der Waals surface area contributed by atoms with Crippen molar-refractivity contribution >= 4 is 23.3 Å². The first kappa shape index (κ1) is 13.8. The molecule has 17 heavy (non-hydrogen) atoms. The third-order valence-corrected chi connectivity index (χ3v) is 2.59.